The Bertz CT molecular complexity index is 363. The van der Waals surface area contributed by atoms with Crippen LogP contribution >= 0.6 is 27.3 Å². The summed E-state index contributed by atoms with van der Waals surface area (Å²) in [7, 11) is 0. The Morgan fingerprint density at radius 2 is 2.05 bits per heavy atom. The van der Waals surface area contributed by atoms with Gasteiger partial charge in [-0.1, -0.05) is 26.2 Å². The second-order valence-electron chi connectivity index (χ2n) is 5.80. The van der Waals surface area contributed by atoms with Gasteiger partial charge in [0.2, 0.25) is 0 Å². The van der Waals surface area contributed by atoms with Gasteiger partial charge in [-0.2, -0.15) is 0 Å². The van der Waals surface area contributed by atoms with E-state index in [2.05, 4.69) is 39.6 Å². The van der Waals surface area contributed by atoms with Gasteiger partial charge in [-0.05, 0) is 72.6 Å². The standard InChI is InChI=1S/C16H26BrNS/c1-2-8-18-11-14-7-5-3-4-6-13(14)9-16-10-15(17)12-19-16/h10,12-14,18H,2-9,11H2,1H3. The molecule has 1 aliphatic carbocycles. The van der Waals surface area contributed by atoms with Gasteiger partial charge in [0.05, 0.1) is 0 Å². The van der Waals surface area contributed by atoms with E-state index >= 15 is 0 Å². The lowest BCUT2D eigenvalue weighted by atomic mass is 9.85. The minimum Gasteiger partial charge on any atom is -0.316 e. The molecule has 0 bridgehead atoms. The summed E-state index contributed by atoms with van der Waals surface area (Å²) >= 11 is 5.49. The average molecular weight is 344 g/mol. The quantitative estimate of drug-likeness (QED) is 0.549. The Labute approximate surface area is 130 Å². The molecule has 3 heteroatoms. The third-order valence-corrected chi connectivity index (χ3v) is 5.95. The molecular weight excluding hydrogens is 318 g/mol. The summed E-state index contributed by atoms with van der Waals surface area (Å²) in [6.45, 7) is 4.65. The molecule has 1 nitrogen and oxygen atoms in total. The van der Waals surface area contributed by atoms with Crippen molar-refractivity contribution >= 4 is 27.3 Å². The average Bonchev–Trinajstić information content (AvgIpc) is 2.68. The number of rotatable bonds is 6. The molecule has 0 spiro atoms. The maximum Gasteiger partial charge on any atom is 0.0285 e. The van der Waals surface area contributed by atoms with Gasteiger partial charge in [0, 0.05) is 14.7 Å². The highest BCUT2D eigenvalue weighted by Crippen LogP contribution is 2.33. The lowest BCUT2D eigenvalue weighted by Gasteiger charge is -2.25. The lowest BCUT2D eigenvalue weighted by Crippen LogP contribution is -2.29. The van der Waals surface area contributed by atoms with Crippen LogP contribution in [0.1, 0.15) is 50.3 Å². The first-order valence-electron chi connectivity index (χ1n) is 7.73. The van der Waals surface area contributed by atoms with Gasteiger partial charge >= 0.3 is 0 Å². The summed E-state index contributed by atoms with van der Waals surface area (Å²) in [5.74, 6) is 1.77. The highest BCUT2D eigenvalue weighted by Gasteiger charge is 2.24. The van der Waals surface area contributed by atoms with Crippen LogP contribution < -0.4 is 5.32 Å². The molecule has 2 atom stereocenters. The van der Waals surface area contributed by atoms with Crippen molar-refractivity contribution in [2.45, 2.75) is 51.9 Å². The van der Waals surface area contributed by atoms with Crippen LogP contribution in [-0.4, -0.2) is 13.1 Å². The number of hydrogen-bond acceptors (Lipinski definition) is 2. The second-order valence-corrected chi connectivity index (χ2v) is 7.71. The first-order chi connectivity index (χ1) is 9.29. The zero-order chi connectivity index (χ0) is 13.5. The van der Waals surface area contributed by atoms with Gasteiger partial charge in [0.25, 0.3) is 0 Å². The van der Waals surface area contributed by atoms with E-state index in [4.69, 9.17) is 0 Å². The molecule has 2 unspecified atom stereocenters. The summed E-state index contributed by atoms with van der Waals surface area (Å²) in [4.78, 5) is 1.55. The molecule has 1 aromatic rings. The van der Waals surface area contributed by atoms with Crippen molar-refractivity contribution < 1.29 is 0 Å². The van der Waals surface area contributed by atoms with Crippen LogP contribution in [0.5, 0.6) is 0 Å². The Balaban J connectivity index is 1.92. The van der Waals surface area contributed by atoms with E-state index in [0.717, 1.165) is 11.8 Å². The monoisotopic (exact) mass is 343 g/mol. The van der Waals surface area contributed by atoms with Crippen molar-refractivity contribution in [3.05, 3.63) is 20.8 Å². The molecule has 2 rings (SSSR count). The molecule has 1 heterocycles. The zero-order valence-electron chi connectivity index (χ0n) is 12.0. The maximum atomic E-state index is 3.65. The van der Waals surface area contributed by atoms with Gasteiger partial charge in [-0.3, -0.25) is 0 Å². The summed E-state index contributed by atoms with van der Waals surface area (Å²) in [5, 5.41) is 5.87. The number of nitrogens with one attached hydrogen (secondary N) is 1. The third kappa shape index (κ3) is 5.20. The van der Waals surface area contributed by atoms with Crippen LogP contribution in [0, 0.1) is 11.8 Å². The Morgan fingerprint density at radius 3 is 2.74 bits per heavy atom. The molecule has 19 heavy (non-hydrogen) atoms. The van der Waals surface area contributed by atoms with Crippen molar-refractivity contribution in [2.24, 2.45) is 11.8 Å². The van der Waals surface area contributed by atoms with E-state index in [1.807, 2.05) is 11.3 Å². The van der Waals surface area contributed by atoms with Crippen molar-refractivity contribution in [1.29, 1.82) is 0 Å². The first kappa shape index (κ1) is 15.5. The van der Waals surface area contributed by atoms with Gasteiger partial charge in [-0.15, -0.1) is 11.3 Å². The van der Waals surface area contributed by atoms with Gasteiger partial charge in [0.15, 0.2) is 0 Å². The highest BCUT2D eigenvalue weighted by molar-refractivity contribution is 9.10. The number of thiophene rings is 1. The predicted octanol–water partition coefficient (Wildman–Crippen LogP) is 5.25. The molecular formula is C16H26BrNS. The molecule has 0 amide bonds. The second kappa shape index (κ2) is 8.43. The SMILES string of the molecule is CCCNCC1CCCCCC1Cc1cc(Br)cs1. The molecule has 1 saturated carbocycles. The predicted molar refractivity (Wildman–Crippen MR) is 88.9 cm³/mol. The van der Waals surface area contributed by atoms with E-state index in [0.29, 0.717) is 0 Å². The summed E-state index contributed by atoms with van der Waals surface area (Å²) in [6, 6.07) is 2.31. The topological polar surface area (TPSA) is 12.0 Å². The highest BCUT2D eigenvalue weighted by atomic mass is 79.9. The van der Waals surface area contributed by atoms with Gasteiger partial charge in [-0.25, -0.2) is 0 Å². The van der Waals surface area contributed by atoms with Gasteiger partial charge < -0.3 is 5.32 Å². The van der Waals surface area contributed by atoms with Crippen molar-refractivity contribution in [3.63, 3.8) is 0 Å². The Hall–Kier alpha value is 0.140. The molecule has 0 aliphatic heterocycles. The fourth-order valence-electron chi connectivity index (χ4n) is 3.18. The van der Waals surface area contributed by atoms with E-state index in [1.54, 1.807) is 4.88 Å². The molecule has 0 saturated heterocycles. The molecule has 1 aliphatic rings. The normalized spacial score (nSPS) is 24.3. The molecule has 0 radical (unpaired) electrons. The minimum absolute atomic E-state index is 0.884. The molecule has 1 N–H and O–H groups in total. The van der Waals surface area contributed by atoms with Gasteiger partial charge in [0.1, 0.15) is 0 Å². The molecule has 108 valence electrons. The lowest BCUT2D eigenvalue weighted by molar-refractivity contribution is 0.299. The largest absolute Gasteiger partial charge is 0.316 e. The minimum atomic E-state index is 0.884. The van der Waals surface area contributed by atoms with E-state index < -0.39 is 0 Å². The van der Waals surface area contributed by atoms with Crippen LogP contribution in [0.2, 0.25) is 0 Å². The van der Waals surface area contributed by atoms with Crippen LogP contribution in [0.3, 0.4) is 0 Å². The Morgan fingerprint density at radius 1 is 1.26 bits per heavy atom. The summed E-state index contributed by atoms with van der Waals surface area (Å²) in [5.41, 5.74) is 0. The molecule has 1 fully saturated rings. The van der Waals surface area contributed by atoms with Crippen molar-refractivity contribution in [1.82, 2.24) is 5.32 Å². The molecule has 1 aromatic heterocycles. The summed E-state index contributed by atoms with van der Waals surface area (Å²) in [6.07, 6.45) is 9.69. The van der Waals surface area contributed by atoms with Crippen LogP contribution in [0.15, 0.2) is 15.9 Å². The molecule has 0 aromatic carbocycles. The zero-order valence-corrected chi connectivity index (χ0v) is 14.4. The van der Waals surface area contributed by atoms with Crippen LogP contribution in [-0.2, 0) is 6.42 Å². The maximum absolute atomic E-state index is 3.65. The fraction of sp³-hybridized carbons (Fsp3) is 0.750. The van der Waals surface area contributed by atoms with Crippen molar-refractivity contribution in [3.8, 4) is 0 Å². The van der Waals surface area contributed by atoms with Crippen LogP contribution in [0.4, 0.5) is 0 Å². The third-order valence-electron chi connectivity index (χ3n) is 4.23. The Kier molecular flexibility index (Phi) is 6.89. The first-order valence-corrected chi connectivity index (χ1v) is 9.40. The van der Waals surface area contributed by atoms with Crippen molar-refractivity contribution in [2.75, 3.05) is 13.1 Å². The smallest absolute Gasteiger partial charge is 0.0285 e. The number of halogens is 1. The summed E-state index contributed by atoms with van der Waals surface area (Å²) < 4.78 is 1.25. The fourth-order valence-corrected chi connectivity index (χ4v) is 4.73. The van der Waals surface area contributed by atoms with Crippen LogP contribution in [0.25, 0.3) is 0 Å². The van der Waals surface area contributed by atoms with E-state index in [9.17, 15) is 0 Å². The van der Waals surface area contributed by atoms with E-state index in [-0.39, 0.29) is 0 Å². The van der Waals surface area contributed by atoms with E-state index in [1.165, 1.54) is 62.5 Å². The number of hydrogen-bond donors (Lipinski definition) is 1.